The van der Waals surface area contributed by atoms with E-state index in [1.165, 1.54) is 0 Å². The summed E-state index contributed by atoms with van der Waals surface area (Å²) in [6.07, 6.45) is 5.16. The fourth-order valence-electron chi connectivity index (χ4n) is 1.79. The Labute approximate surface area is 81.2 Å². The SMILES string of the molecule is CCCC(C#N)(CCC)CCC#N. The summed E-state index contributed by atoms with van der Waals surface area (Å²) in [5, 5.41) is 17.6. The minimum atomic E-state index is -0.223. The Kier molecular flexibility index (Phi) is 5.98. The molecule has 0 aliphatic rings. The van der Waals surface area contributed by atoms with Crippen molar-refractivity contribution >= 4 is 0 Å². The Morgan fingerprint density at radius 1 is 1.00 bits per heavy atom. The highest BCUT2D eigenvalue weighted by Crippen LogP contribution is 2.33. The van der Waals surface area contributed by atoms with E-state index in [1.54, 1.807) is 0 Å². The molecule has 0 radical (unpaired) electrons. The predicted octanol–water partition coefficient (Wildman–Crippen LogP) is 3.40. The molecule has 0 aliphatic carbocycles. The number of nitriles is 2. The molecule has 0 heterocycles. The van der Waals surface area contributed by atoms with Crippen molar-refractivity contribution in [1.29, 1.82) is 10.5 Å². The van der Waals surface area contributed by atoms with Gasteiger partial charge in [0.25, 0.3) is 0 Å². The molecular formula is C11H18N2. The van der Waals surface area contributed by atoms with Crippen molar-refractivity contribution in [3.63, 3.8) is 0 Å². The molecule has 0 aromatic carbocycles. The van der Waals surface area contributed by atoms with E-state index in [0.717, 1.165) is 32.1 Å². The van der Waals surface area contributed by atoms with Crippen LogP contribution in [0.3, 0.4) is 0 Å². The van der Waals surface area contributed by atoms with Crippen molar-refractivity contribution in [2.75, 3.05) is 0 Å². The third kappa shape index (κ3) is 3.95. The minimum absolute atomic E-state index is 0.223. The van der Waals surface area contributed by atoms with Gasteiger partial charge in [-0.1, -0.05) is 26.7 Å². The summed E-state index contributed by atoms with van der Waals surface area (Å²) in [7, 11) is 0. The lowest BCUT2D eigenvalue weighted by molar-refractivity contribution is 0.306. The second-order valence-electron chi connectivity index (χ2n) is 3.55. The average molecular weight is 178 g/mol. The van der Waals surface area contributed by atoms with Gasteiger partial charge in [-0.15, -0.1) is 0 Å². The maximum Gasteiger partial charge on any atom is 0.0690 e. The zero-order valence-electron chi connectivity index (χ0n) is 8.64. The molecule has 2 nitrogen and oxygen atoms in total. The third-order valence-corrected chi connectivity index (χ3v) is 2.41. The quantitative estimate of drug-likeness (QED) is 0.625. The van der Waals surface area contributed by atoms with Crippen molar-refractivity contribution in [2.45, 2.75) is 52.4 Å². The Bertz CT molecular complexity index is 201. The molecule has 0 aromatic heterocycles. The fourth-order valence-corrected chi connectivity index (χ4v) is 1.79. The smallest absolute Gasteiger partial charge is 0.0690 e. The molecule has 0 aliphatic heterocycles. The lowest BCUT2D eigenvalue weighted by Crippen LogP contribution is -2.17. The molecule has 0 atom stereocenters. The molecule has 0 N–H and O–H groups in total. The van der Waals surface area contributed by atoms with Gasteiger partial charge in [0, 0.05) is 6.42 Å². The molecule has 0 saturated heterocycles. The molecule has 13 heavy (non-hydrogen) atoms. The van der Waals surface area contributed by atoms with Gasteiger partial charge in [-0.25, -0.2) is 0 Å². The number of hydrogen-bond donors (Lipinski definition) is 0. The van der Waals surface area contributed by atoms with Crippen molar-refractivity contribution in [3.05, 3.63) is 0 Å². The van der Waals surface area contributed by atoms with Crippen LogP contribution in [0.15, 0.2) is 0 Å². The van der Waals surface area contributed by atoms with Gasteiger partial charge in [0.2, 0.25) is 0 Å². The van der Waals surface area contributed by atoms with Gasteiger partial charge >= 0.3 is 0 Å². The van der Waals surface area contributed by atoms with Crippen LogP contribution < -0.4 is 0 Å². The zero-order valence-corrected chi connectivity index (χ0v) is 8.64. The molecule has 0 bridgehead atoms. The van der Waals surface area contributed by atoms with E-state index in [-0.39, 0.29) is 5.41 Å². The van der Waals surface area contributed by atoms with Gasteiger partial charge in [0.1, 0.15) is 0 Å². The molecule has 0 rings (SSSR count). The van der Waals surface area contributed by atoms with Gasteiger partial charge < -0.3 is 0 Å². The maximum atomic E-state index is 9.11. The predicted molar refractivity (Wildman–Crippen MR) is 52.7 cm³/mol. The molecule has 0 spiro atoms. The Morgan fingerprint density at radius 2 is 1.54 bits per heavy atom. The van der Waals surface area contributed by atoms with Gasteiger partial charge in [0.15, 0.2) is 0 Å². The van der Waals surface area contributed by atoms with Crippen LogP contribution in [-0.2, 0) is 0 Å². The number of hydrogen-bond acceptors (Lipinski definition) is 2. The van der Waals surface area contributed by atoms with E-state index in [4.69, 9.17) is 10.5 Å². The summed E-state index contributed by atoms with van der Waals surface area (Å²) >= 11 is 0. The lowest BCUT2D eigenvalue weighted by atomic mass is 9.77. The van der Waals surface area contributed by atoms with E-state index in [2.05, 4.69) is 26.0 Å². The Morgan fingerprint density at radius 3 is 1.85 bits per heavy atom. The summed E-state index contributed by atoms with van der Waals surface area (Å²) in [4.78, 5) is 0. The van der Waals surface area contributed by atoms with Crippen LogP contribution in [0.4, 0.5) is 0 Å². The summed E-state index contributed by atoms with van der Waals surface area (Å²) in [5.41, 5.74) is -0.223. The van der Waals surface area contributed by atoms with Gasteiger partial charge in [-0.2, -0.15) is 10.5 Å². The summed E-state index contributed by atoms with van der Waals surface area (Å²) in [6.45, 7) is 4.18. The lowest BCUT2D eigenvalue weighted by Gasteiger charge is -2.24. The van der Waals surface area contributed by atoms with Crippen molar-refractivity contribution in [3.8, 4) is 12.1 Å². The van der Waals surface area contributed by atoms with Crippen LogP contribution in [0.1, 0.15) is 52.4 Å². The molecule has 2 heteroatoms. The van der Waals surface area contributed by atoms with E-state index >= 15 is 0 Å². The molecule has 72 valence electrons. The minimum Gasteiger partial charge on any atom is -0.198 e. The zero-order chi connectivity index (χ0) is 10.2. The molecule has 0 fully saturated rings. The summed E-state index contributed by atoms with van der Waals surface area (Å²) in [5.74, 6) is 0. The molecule has 0 amide bonds. The third-order valence-electron chi connectivity index (χ3n) is 2.41. The largest absolute Gasteiger partial charge is 0.198 e. The summed E-state index contributed by atoms with van der Waals surface area (Å²) in [6, 6.07) is 4.52. The second-order valence-corrected chi connectivity index (χ2v) is 3.55. The van der Waals surface area contributed by atoms with Crippen LogP contribution in [-0.4, -0.2) is 0 Å². The monoisotopic (exact) mass is 178 g/mol. The van der Waals surface area contributed by atoms with Gasteiger partial charge in [0.05, 0.1) is 17.6 Å². The fraction of sp³-hybridized carbons (Fsp3) is 0.818. The highest BCUT2D eigenvalue weighted by atomic mass is 14.4. The first-order valence-corrected chi connectivity index (χ1v) is 5.03. The number of nitrogens with zero attached hydrogens (tertiary/aromatic N) is 2. The standard InChI is InChI=1S/C11H18N2/c1-3-6-11(10-13,7-4-2)8-5-9-12/h3-8H2,1-2H3. The molecule has 0 saturated carbocycles. The van der Waals surface area contributed by atoms with Crippen molar-refractivity contribution < 1.29 is 0 Å². The van der Waals surface area contributed by atoms with Gasteiger partial charge in [-0.3, -0.25) is 0 Å². The first-order chi connectivity index (χ1) is 6.24. The van der Waals surface area contributed by atoms with E-state index in [9.17, 15) is 0 Å². The average Bonchev–Trinajstić information content (AvgIpc) is 2.15. The van der Waals surface area contributed by atoms with Crippen LogP contribution >= 0.6 is 0 Å². The Balaban J connectivity index is 4.29. The van der Waals surface area contributed by atoms with Crippen LogP contribution in [0.5, 0.6) is 0 Å². The van der Waals surface area contributed by atoms with E-state index in [1.807, 2.05) is 0 Å². The van der Waals surface area contributed by atoms with Gasteiger partial charge in [-0.05, 0) is 19.3 Å². The topological polar surface area (TPSA) is 47.6 Å². The van der Waals surface area contributed by atoms with E-state index in [0.29, 0.717) is 6.42 Å². The normalized spacial score (nSPS) is 10.5. The first-order valence-electron chi connectivity index (χ1n) is 5.03. The van der Waals surface area contributed by atoms with Crippen LogP contribution in [0.25, 0.3) is 0 Å². The molecular weight excluding hydrogens is 160 g/mol. The highest BCUT2D eigenvalue weighted by Gasteiger charge is 2.27. The van der Waals surface area contributed by atoms with Crippen LogP contribution in [0, 0.1) is 28.1 Å². The molecule has 0 aromatic rings. The van der Waals surface area contributed by atoms with Crippen molar-refractivity contribution in [1.82, 2.24) is 0 Å². The van der Waals surface area contributed by atoms with Crippen molar-refractivity contribution in [2.24, 2.45) is 5.41 Å². The Hall–Kier alpha value is -1.02. The summed E-state index contributed by atoms with van der Waals surface area (Å²) < 4.78 is 0. The second kappa shape index (κ2) is 6.49. The molecule has 0 unspecified atom stereocenters. The van der Waals surface area contributed by atoms with Crippen LogP contribution in [0.2, 0.25) is 0 Å². The van der Waals surface area contributed by atoms with E-state index < -0.39 is 0 Å². The first kappa shape index (κ1) is 12.0. The maximum absolute atomic E-state index is 9.11. The highest BCUT2D eigenvalue weighted by molar-refractivity contribution is 4.99. The number of rotatable bonds is 6.